The highest BCUT2D eigenvalue weighted by atomic mass is 35.5. The molecule has 1 fully saturated rings. The molecule has 21 heavy (non-hydrogen) atoms. The van der Waals surface area contributed by atoms with Crippen molar-refractivity contribution in [3.8, 4) is 0 Å². The lowest BCUT2D eigenvalue weighted by atomic mass is 9.85. The lowest BCUT2D eigenvalue weighted by Gasteiger charge is -2.30. The molecule has 1 saturated carbocycles. The summed E-state index contributed by atoms with van der Waals surface area (Å²) in [5, 5.41) is 3.36. The second kappa shape index (κ2) is 7.66. The number of amides is 1. The number of carbonyl (C=O) groups is 1. The van der Waals surface area contributed by atoms with Gasteiger partial charge in [-0.25, -0.2) is 0 Å². The topological polar surface area (TPSA) is 58.4 Å². The summed E-state index contributed by atoms with van der Waals surface area (Å²) >= 11 is 5.85. The average molecular weight is 310 g/mol. The van der Waals surface area contributed by atoms with E-state index in [0.717, 1.165) is 25.4 Å². The maximum atomic E-state index is 11.9. The van der Waals surface area contributed by atoms with Crippen LogP contribution in [0.2, 0.25) is 5.02 Å². The van der Waals surface area contributed by atoms with Gasteiger partial charge in [-0.1, -0.05) is 18.0 Å². The number of carbonyl (C=O) groups excluding carboxylic acids is 1. The van der Waals surface area contributed by atoms with E-state index >= 15 is 0 Å². The Balaban J connectivity index is 1.65. The SMILES string of the molecule is CN(CCCC(=O)Nc1ccc(Cl)c(N)c1)CC1CCC1. The predicted molar refractivity (Wildman–Crippen MR) is 88.6 cm³/mol. The zero-order chi connectivity index (χ0) is 15.2. The van der Waals surface area contributed by atoms with Crippen LogP contribution in [0.5, 0.6) is 0 Å². The molecule has 0 atom stereocenters. The van der Waals surface area contributed by atoms with E-state index in [1.165, 1.54) is 19.3 Å². The Morgan fingerprint density at radius 2 is 2.24 bits per heavy atom. The lowest BCUT2D eigenvalue weighted by Crippen LogP contribution is -2.30. The van der Waals surface area contributed by atoms with E-state index in [1.54, 1.807) is 18.2 Å². The first-order valence-corrected chi connectivity index (χ1v) is 7.96. The molecule has 0 radical (unpaired) electrons. The van der Waals surface area contributed by atoms with Gasteiger partial charge in [-0.05, 0) is 57.0 Å². The van der Waals surface area contributed by atoms with Crippen molar-refractivity contribution in [2.24, 2.45) is 5.92 Å². The normalized spacial score (nSPS) is 15.0. The van der Waals surface area contributed by atoms with Crippen LogP contribution in [0.25, 0.3) is 0 Å². The number of nitrogens with two attached hydrogens (primary N) is 1. The number of hydrogen-bond donors (Lipinski definition) is 2. The van der Waals surface area contributed by atoms with E-state index in [2.05, 4.69) is 17.3 Å². The Kier molecular flexibility index (Phi) is 5.88. The number of hydrogen-bond acceptors (Lipinski definition) is 3. The Bertz CT molecular complexity index is 488. The van der Waals surface area contributed by atoms with E-state index in [4.69, 9.17) is 17.3 Å². The fourth-order valence-electron chi connectivity index (χ4n) is 2.56. The van der Waals surface area contributed by atoms with Crippen LogP contribution in [-0.4, -0.2) is 30.9 Å². The quantitative estimate of drug-likeness (QED) is 0.759. The molecule has 5 heteroatoms. The van der Waals surface area contributed by atoms with Crippen molar-refractivity contribution in [1.82, 2.24) is 4.90 Å². The van der Waals surface area contributed by atoms with Crippen molar-refractivity contribution in [3.63, 3.8) is 0 Å². The Morgan fingerprint density at radius 1 is 1.48 bits per heavy atom. The third kappa shape index (κ3) is 5.21. The fraction of sp³-hybridized carbons (Fsp3) is 0.562. The molecular formula is C16H24ClN3O. The molecule has 0 saturated heterocycles. The zero-order valence-corrected chi connectivity index (χ0v) is 13.3. The van der Waals surface area contributed by atoms with E-state index in [-0.39, 0.29) is 5.91 Å². The number of halogens is 1. The third-order valence-corrected chi connectivity index (χ3v) is 4.36. The first kappa shape index (κ1) is 16.1. The molecule has 3 N–H and O–H groups in total. The Labute approximate surface area is 131 Å². The number of nitrogens with zero attached hydrogens (tertiary/aromatic N) is 1. The largest absolute Gasteiger partial charge is 0.397 e. The molecule has 2 rings (SSSR count). The minimum Gasteiger partial charge on any atom is -0.397 e. The van der Waals surface area contributed by atoms with Gasteiger partial charge in [0.2, 0.25) is 5.91 Å². The van der Waals surface area contributed by atoms with Crippen molar-refractivity contribution in [1.29, 1.82) is 0 Å². The van der Waals surface area contributed by atoms with E-state index in [1.807, 2.05) is 0 Å². The van der Waals surface area contributed by atoms with Gasteiger partial charge < -0.3 is 16.0 Å². The Hall–Kier alpha value is -1.26. The van der Waals surface area contributed by atoms with Gasteiger partial charge >= 0.3 is 0 Å². The number of nitrogens with one attached hydrogen (secondary N) is 1. The van der Waals surface area contributed by atoms with Crippen LogP contribution in [-0.2, 0) is 4.79 Å². The highest BCUT2D eigenvalue weighted by molar-refractivity contribution is 6.33. The minimum atomic E-state index is 0.0220. The molecule has 0 unspecified atom stereocenters. The van der Waals surface area contributed by atoms with Crippen molar-refractivity contribution >= 4 is 28.9 Å². The Morgan fingerprint density at radius 3 is 2.86 bits per heavy atom. The third-order valence-electron chi connectivity index (χ3n) is 4.02. The maximum Gasteiger partial charge on any atom is 0.224 e. The van der Waals surface area contributed by atoms with Gasteiger partial charge in [0.1, 0.15) is 0 Å². The first-order chi connectivity index (χ1) is 10.0. The second-order valence-corrected chi connectivity index (χ2v) is 6.35. The lowest BCUT2D eigenvalue weighted by molar-refractivity contribution is -0.116. The van der Waals surface area contributed by atoms with Crippen LogP contribution in [0.3, 0.4) is 0 Å². The van der Waals surface area contributed by atoms with Crippen LogP contribution in [0.4, 0.5) is 11.4 Å². The summed E-state index contributed by atoms with van der Waals surface area (Å²) in [7, 11) is 2.14. The standard InChI is InChI=1S/C16H24ClN3O/c1-20(11-12-4-2-5-12)9-3-6-16(21)19-13-7-8-14(17)15(18)10-13/h7-8,10,12H,2-6,9,11,18H2,1H3,(H,19,21). The predicted octanol–water partition coefficient (Wildman–Crippen LogP) is 3.37. The van der Waals surface area contributed by atoms with Crippen LogP contribution < -0.4 is 11.1 Å². The first-order valence-electron chi connectivity index (χ1n) is 7.58. The summed E-state index contributed by atoms with van der Waals surface area (Å²) in [6, 6.07) is 5.14. The van der Waals surface area contributed by atoms with Gasteiger partial charge in [-0.15, -0.1) is 0 Å². The van der Waals surface area contributed by atoms with Crippen LogP contribution in [0, 0.1) is 5.92 Å². The number of anilines is 2. The molecule has 116 valence electrons. The number of benzene rings is 1. The molecule has 0 aromatic heterocycles. The van der Waals surface area contributed by atoms with Gasteiger partial charge in [0.05, 0.1) is 10.7 Å². The summed E-state index contributed by atoms with van der Waals surface area (Å²) < 4.78 is 0. The van der Waals surface area contributed by atoms with Crippen LogP contribution >= 0.6 is 11.6 Å². The molecule has 1 aliphatic rings. The van der Waals surface area contributed by atoms with E-state index in [0.29, 0.717) is 22.8 Å². The minimum absolute atomic E-state index is 0.0220. The van der Waals surface area contributed by atoms with Crippen molar-refractivity contribution in [3.05, 3.63) is 23.2 Å². The van der Waals surface area contributed by atoms with Gasteiger partial charge in [0.25, 0.3) is 0 Å². The average Bonchev–Trinajstić information content (AvgIpc) is 2.38. The van der Waals surface area contributed by atoms with Crippen molar-refractivity contribution in [2.75, 3.05) is 31.2 Å². The smallest absolute Gasteiger partial charge is 0.224 e. The summed E-state index contributed by atoms with van der Waals surface area (Å²) in [5.41, 5.74) is 6.89. The summed E-state index contributed by atoms with van der Waals surface area (Å²) in [4.78, 5) is 14.2. The van der Waals surface area contributed by atoms with E-state index in [9.17, 15) is 4.79 Å². The molecular weight excluding hydrogens is 286 g/mol. The second-order valence-electron chi connectivity index (χ2n) is 5.95. The summed E-state index contributed by atoms with van der Waals surface area (Å²) in [6.45, 7) is 2.13. The molecule has 0 spiro atoms. The van der Waals surface area contributed by atoms with Crippen molar-refractivity contribution < 1.29 is 4.79 Å². The van der Waals surface area contributed by atoms with Crippen LogP contribution in [0.1, 0.15) is 32.1 Å². The number of rotatable bonds is 7. The molecule has 0 heterocycles. The monoisotopic (exact) mass is 309 g/mol. The maximum absolute atomic E-state index is 11.9. The van der Waals surface area contributed by atoms with E-state index < -0.39 is 0 Å². The molecule has 4 nitrogen and oxygen atoms in total. The highest BCUT2D eigenvalue weighted by Gasteiger charge is 2.18. The fourth-order valence-corrected chi connectivity index (χ4v) is 2.68. The van der Waals surface area contributed by atoms with Gasteiger partial charge in [-0.2, -0.15) is 0 Å². The summed E-state index contributed by atoms with van der Waals surface area (Å²) in [6.07, 6.45) is 5.51. The zero-order valence-electron chi connectivity index (χ0n) is 12.6. The summed E-state index contributed by atoms with van der Waals surface area (Å²) in [5.74, 6) is 0.898. The van der Waals surface area contributed by atoms with Gasteiger partial charge in [0, 0.05) is 18.7 Å². The molecule has 0 bridgehead atoms. The molecule has 1 aliphatic carbocycles. The van der Waals surface area contributed by atoms with Gasteiger partial charge in [-0.3, -0.25) is 4.79 Å². The molecule has 1 amide bonds. The highest BCUT2D eigenvalue weighted by Crippen LogP contribution is 2.26. The van der Waals surface area contributed by atoms with Crippen LogP contribution in [0.15, 0.2) is 18.2 Å². The number of nitrogen functional groups attached to an aromatic ring is 1. The molecule has 0 aliphatic heterocycles. The molecule has 1 aromatic carbocycles. The van der Waals surface area contributed by atoms with Gasteiger partial charge in [0.15, 0.2) is 0 Å². The molecule has 1 aromatic rings. The van der Waals surface area contributed by atoms with Crippen molar-refractivity contribution in [2.45, 2.75) is 32.1 Å².